The van der Waals surface area contributed by atoms with Crippen molar-refractivity contribution in [1.82, 2.24) is 10.2 Å². The van der Waals surface area contributed by atoms with Gasteiger partial charge in [-0.15, -0.1) is 0 Å². The summed E-state index contributed by atoms with van der Waals surface area (Å²) in [7, 11) is 0. The minimum absolute atomic E-state index is 0.314. The lowest BCUT2D eigenvalue weighted by molar-refractivity contribution is 0.151. The molecule has 5 nitrogen and oxygen atoms in total. The van der Waals surface area contributed by atoms with E-state index in [1.165, 1.54) is 5.70 Å². The highest BCUT2D eigenvalue weighted by Crippen LogP contribution is 2.31. The molecule has 0 aromatic heterocycles. The van der Waals surface area contributed by atoms with Crippen LogP contribution in [0.4, 0.5) is 0 Å². The summed E-state index contributed by atoms with van der Waals surface area (Å²) in [5, 5.41) is 3.26. The van der Waals surface area contributed by atoms with Gasteiger partial charge in [0.05, 0.1) is 12.7 Å². The Hall–Kier alpha value is -1.37. The van der Waals surface area contributed by atoms with Gasteiger partial charge in [0, 0.05) is 35.3 Å². The molecule has 0 saturated carbocycles. The van der Waals surface area contributed by atoms with E-state index in [2.05, 4.69) is 10.2 Å². The minimum Gasteiger partial charge on any atom is -0.491 e. The molecule has 0 saturated heterocycles. The van der Waals surface area contributed by atoms with Gasteiger partial charge in [0.25, 0.3) is 0 Å². The molecule has 0 bridgehead atoms. The minimum atomic E-state index is 0.314. The van der Waals surface area contributed by atoms with Gasteiger partial charge in [-0.2, -0.15) is 0 Å². The molecular formula is C14H19N3O2S. The number of ether oxygens (including phenoxy) is 1. The van der Waals surface area contributed by atoms with Crippen LogP contribution in [0.25, 0.3) is 0 Å². The Kier molecular flexibility index (Phi) is 4.05. The van der Waals surface area contributed by atoms with Gasteiger partial charge in [0.1, 0.15) is 12.4 Å². The molecule has 20 heavy (non-hydrogen) atoms. The van der Waals surface area contributed by atoms with Crippen LogP contribution in [0.5, 0.6) is 5.75 Å². The maximum absolute atomic E-state index is 9.16. The van der Waals surface area contributed by atoms with E-state index in [9.17, 15) is 0 Å². The molecule has 1 aromatic rings. The van der Waals surface area contributed by atoms with E-state index in [0.717, 1.165) is 47.8 Å². The molecule has 2 aliphatic heterocycles. The van der Waals surface area contributed by atoms with Crippen molar-refractivity contribution in [3.8, 4) is 5.75 Å². The first-order valence-corrected chi connectivity index (χ1v) is 7.55. The summed E-state index contributed by atoms with van der Waals surface area (Å²) >= 11 is 0.774. The second-order valence-electron chi connectivity index (χ2n) is 5.04. The number of nitrogens with zero attached hydrogens (tertiary/aromatic N) is 1. The molecule has 0 aliphatic carbocycles. The largest absolute Gasteiger partial charge is 0.491 e. The second kappa shape index (κ2) is 5.95. The van der Waals surface area contributed by atoms with Crippen molar-refractivity contribution in [2.24, 2.45) is 5.73 Å². The molecule has 108 valence electrons. The van der Waals surface area contributed by atoms with Crippen LogP contribution < -0.4 is 15.8 Å². The Labute approximate surface area is 123 Å². The van der Waals surface area contributed by atoms with Crippen molar-refractivity contribution in [2.75, 3.05) is 19.8 Å². The quantitative estimate of drug-likeness (QED) is 0.733. The normalized spacial score (nSPS) is 21.0. The first-order chi connectivity index (χ1) is 9.81. The predicted molar refractivity (Wildman–Crippen MR) is 79.5 cm³/mol. The summed E-state index contributed by atoms with van der Waals surface area (Å²) < 4.78 is 15.0. The molecule has 3 rings (SSSR count). The predicted octanol–water partition coefficient (Wildman–Crippen LogP) is 1.61. The summed E-state index contributed by atoms with van der Waals surface area (Å²) in [6, 6.07) is 6.13. The zero-order valence-electron chi connectivity index (χ0n) is 11.2. The molecule has 6 heteroatoms. The van der Waals surface area contributed by atoms with E-state index in [1.54, 1.807) is 0 Å². The molecule has 1 atom stereocenters. The Balaban J connectivity index is 1.76. The van der Waals surface area contributed by atoms with E-state index < -0.39 is 0 Å². The highest BCUT2D eigenvalue weighted by molar-refractivity contribution is 7.93. The lowest BCUT2D eigenvalue weighted by atomic mass is 10.0. The topological polar surface area (TPSA) is 70.8 Å². The molecule has 0 amide bonds. The first-order valence-electron chi connectivity index (χ1n) is 6.78. The van der Waals surface area contributed by atoms with Crippen molar-refractivity contribution in [1.29, 1.82) is 0 Å². The zero-order valence-corrected chi connectivity index (χ0v) is 12.0. The van der Waals surface area contributed by atoms with Gasteiger partial charge in [-0.25, -0.2) is 0 Å². The monoisotopic (exact) mass is 293 g/mol. The van der Waals surface area contributed by atoms with Crippen LogP contribution in [-0.4, -0.2) is 35.3 Å². The molecule has 0 radical (unpaired) electrons. The van der Waals surface area contributed by atoms with Gasteiger partial charge in [0.2, 0.25) is 0 Å². The average Bonchev–Trinajstić information content (AvgIpc) is 2.94. The van der Waals surface area contributed by atoms with Crippen molar-refractivity contribution in [2.45, 2.75) is 23.8 Å². The molecule has 1 unspecified atom stereocenters. The fourth-order valence-corrected chi connectivity index (χ4v) is 3.11. The zero-order chi connectivity index (χ0) is 13.9. The Morgan fingerprint density at radius 2 is 2.40 bits per heavy atom. The van der Waals surface area contributed by atoms with Crippen LogP contribution in [-0.2, 0) is 6.42 Å². The Morgan fingerprint density at radius 1 is 1.50 bits per heavy atom. The van der Waals surface area contributed by atoms with Crippen molar-refractivity contribution < 1.29 is 9.29 Å². The van der Waals surface area contributed by atoms with Crippen LogP contribution in [0.1, 0.15) is 12.0 Å². The van der Waals surface area contributed by atoms with E-state index in [1.807, 2.05) is 24.4 Å². The van der Waals surface area contributed by atoms with Crippen LogP contribution in [0, 0.1) is 0 Å². The number of rotatable bonds is 4. The smallest absolute Gasteiger partial charge is 0.122 e. The lowest BCUT2D eigenvalue weighted by Gasteiger charge is -2.35. The van der Waals surface area contributed by atoms with Crippen LogP contribution in [0.2, 0.25) is 0 Å². The van der Waals surface area contributed by atoms with Crippen LogP contribution in [0.3, 0.4) is 0 Å². The molecule has 0 fully saturated rings. The van der Waals surface area contributed by atoms with Gasteiger partial charge in [-0.3, -0.25) is 0 Å². The van der Waals surface area contributed by atoms with Gasteiger partial charge >= 0.3 is 0 Å². The Bertz CT molecular complexity index is 521. The van der Waals surface area contributed by atoms with E-state index >= 15 is 0 Å². The highest BCUT2D eigenvalue weighted by atomic mass is 32.2. The number of nitrogens with one attached hydrogen (secondary N) is 1. The summed E-state index contributed by atoms with van der Waals surface area (Å²) in [6.45, 7) is 2.15. The van der Waals surface area contributed by atoms with Crippen molar-refractivity contribution in [3.63, 3.8) is 0 Å². The molecule has 1 aromatic carbocycles. The second-order valence-corrected chi connectivity index (χ2v) is 5.69. The number of hydrogen-bond acceptors (Lipinski definition) is 6. The Morgan fingerprint density at radius 3 is 3.20 bits per heavy atom. The first kappa shape index (κ1) is 13.6. The van der Waals surface area contributed by atoms with Crippen molar-refractivity contribution >= 4 is 12.0 Å². The summed E-state index contributed by atoms with van der Waals surface area (Å²) in [4.78, 5) is 3.18. The maximum Gasteiger partial charge on any atom is 0.122 e. The standard InChI is InChI=1S/C14H19N3O2S/c15-4-3-11-7-16-9-17(11)12-5-10-6-13(20-18)1-2-14(10)19-8-12/h1-2,6-7,12,16,18H,3-5,8-9,15H2. The molecule has 0 spiro atoms. The highest BCUT2D eigenvalue weighted by Gasteiger charge is 2.28. The molecular weight excluding hydrogens is 274 g/mol. The van der Waals surface area contributed by atoms with E-state index in [4.69, 9.17) is 15.0 Å². The fraction of sp³-hybridized carbons (Fsp3) is 0.429. The van der Waals surface area contributed by atoms with Crippen LogP contribution in [0.15, 0.2) is 35.0 Å². The number of benzene rings is 1. The van der Waals surface area contributed by atoms with Gasteiger partial charge in [-0.05, 0) is 36.7 Å². The third kappa shape index (κ3) is 2.59. The van der Waals surface area contributed by atoms with E-state index in [-0.39, 0.29) is 0 Å². The average molecular weight is 293 g/mol. The number of nitrogens with two attached hydrogens (primary N) is 1. The van der Waals surface area contributed by atoms with Gasteiger partial charge in [0.15, 0.2) is 0 Å². The molecule has 4 N–H and O–H groups in total. The summed E-state index contributed by atoms with van der Waals surface area (Å²) in [5.41, 5.74) is 8.06. The van der Waals surface area contributed by atoms with Gasteiger partial charge < -0.3 is 25.2 Å². The molecule has 2 heterocycles. The summed E-state index contributed by atoms with van der Waals surface area (Å²) in [5.74, 6) is 0.926. The van der Waals surface area contributed by atoms with Crippen molar-refractivity contribution in [3.05, 3.63) is 35.7 Å². The third-order valence-electron chi connectivity index (χ3n) is 3.76. The summed E-state index contributed by atoms with van der Waals surface area (Å²) in [6.07, 6.45) is 3.85. The van der Waals surface area contributed by atoms with Crippen LogP contribution >= 0.6 is 12.0 Å². The number of fused-ring (bicyclic) bond motifs is 1. The molecule has 2 aliphatic rings. The maximum atomic E-state index is 9.16. The third-order valence-corrected chi connectivity index (χ3v) is 4.23. The number of hydrogen-bond donors (Lipinski definition) is 3. The van der Waals surface area contributed by atoms with E-state index in [0.29, 0.717) is 19.2 Å². The SMILES string of the molecule is NCCC1=CNCN1C1COc2ccc(SO)cc2C1. The fourth-order valence-electron chi connectivity index (χ4n) is 2.79. The lowest BCUT2D eigenvalue weighted by Crippen LogP contribution is -2.43. The van der Waals surface area contributed by atoms with Gasteiger partial charge in [-0.1, -0.05) is 0 Å².